The SMILES string of the molecule is CC(C)[Si](Oc1cc(Cl)c(OCc2ccccc2)c(C=O)c1)(C(C)C)C(C)C. The molecule has 3 nitrogen and oxygen atoms in total. The largest absolute Gasteiger partial charge is 0.543 e. The van der Waals surface area contributed by atoms with Crippen molar-refractivity contribution in [1.82, 2.24) is 0 Å². The first-order chi connectivity index (χ1) is 13.2. The molecule has 0 saturated carbocycles. The Hall–Kier alpha value is -1.78. The number of benzene rings is 2. The number of ether oxygens (including phenoxy) is 1. The molecular weight excluding hydrogens is 388 g/mol. The maximum absolute atomic E-state index is 11.7. The van der Waals surface area contributed by atoms with E-state index in [4.69, 9.17) is 20.8 Å². The predicted molar refractivity (Wildman–Crippen MR) is 119 cm³/mol. The standard InChI is InChI=1S/C23H31ClO3Si/c1-16(2)28(17(3)4,18(5)6)27-21-12-20(14-25)23(22(24)13-21)26-15-19-10-8-7-9-11-19/h7-14,16-18H,15H2,1-6H3. The van der Waals surface area contributed by atoms with Gasteiger partial charge in [-0.1, -0.05) is 83.5 Å². The maximum Gasteiger partial charge on any atom is 0.258 e. The lowest BCUT2D eigenvalue weighted by Gasteiger charge is -2.42. The highest BCUT2D eigenvalue weighted by Gasteiger charge is 2.47. The van der Waals surface area contributed by atoms with Gasteiger partial charge in [0, 0.05) is 6.07 Å². The third kappa shape index (κ3) is 4.79. The van der Waals surface area contributed by atoms with Gasteiger partial charge in [0.1, 0.15) is 18.1 Å². The van der Waals surface area contributed by atoms with E-state index in [9.17, 15) is 4.79 Å². The highest BCUT2D eigenvalue weighted by molar-refractivity contribution is 6.78. The van der Waals surface area contributed by atoms with Gasteiger partial charge < -0.3 is 9.16 Å². The number of halogens is 1. The fraction of sp³-hybridized carbons (Fsp3) is 0.435. The molecule has 0 saturated heterocycles. The molecule has 2 aromatic carbocycles. The lowest BCUT2D eigenvalue weighted by molar-refractivity contribution is 0.111. The van der Waals surface area contributed by atoms with E-state index in [1.807, 2.05) is 30.3 Å². The van der Waals surface area contributed by atoms with Crippen LogP contribution in [0.2, 0.25) is 21.6 Å². The van der Waals surface area contributed by atoms with Crippen LogP contribution in [0.5, 0.6) is 11.5 Å². The van der Waals surface area contributed by atoms with Crippen molar-refractivity contribution in [3.8, 4) is 11.5 Å². The van der Waals surface area contributed by atoms with Gasteiger partial charge in [0.2, 0.25) is 0 Å². The van der Waals surface area contributed by atoms with Crippen molar-refractivity contribution in [1.29, 1.82) is 0 Å². The van der Waals surface area contributed by atoms with E-state index in [0.29, 0.717) is 45.3 Å². The molecule has 0 aliphatic heterocycles. The summed E-state index contributed by atoms with van der Waals surface area (Å²) in [6.07, 6.45) is 0.780. The summed E-state index contributed by atoms with van der Waals surface area (Å²) >= 11 is 6.50. The van der Waals surface area contributed by atoms with Crippen molar-refractivity contribution < 1.29 is 14.0 Å². The Morgan fingerprint density at radius 1 is 0.964 bits per heavy atom. The van der Waals surface area contributed by atoms with E-state index in [1.54, 1.807) is 12.1 Å². The summed E-state index contributed by atoms with van der Waals surface area (Å²) in [6, 6.07) is 13.3. The molecule has 0 radical (unpaired) electrons. The summed E-state index contributed by atoms with van der Waals surface area (Å²) in [6.45, 7) is 13.7. The normalized spacial score (nSPS) is 11.9. The van der Waals surface area contributed by atoms with Crippen molar-refractivity contribution in [3.63, 3.8) is 0 Å². The van der Waals surface area contributed by atoms with Gasteiger partial charge in [0.15, 0.2) is 6.29 Å². The predicted octanol–water partition coefficient (Wildman–Crippen LogP) is 7.29. The number of carbonyl (C=O) groups is 1. The van der Waals surface area contributed by atoms with Gasteiger partial charge in [-0.2, -0.15) is 0 Å². The molecule has 0 heterocycles. The first kappa shape index (κ1) is 22.5. The summed E-state index contributed by atoms with van der Waals surface area (Å²) in [5.41, 5.74) is 2.72. The van der Waals surface area contributed by atoms with Crippen molar-refractivity contribution in [2.75, 3.05) is 0 Å². The maximum atomic E-state index is 11.7. The highest BCUT2D eigenvalue weighted by atomic mass is 35.5. The van der Waals surface area contributed by atoms with Crippen LogP contribution in [0.25, 0.3) is 0 Å². The first-order valence-electron chi connectivity index (χ1n) is 9.86. The van der Waals surface area contributed by atoms with Crippen LogP contribution in [-0.2, 0) is 6.61 Å². The third-order valence-corrected chi connectivity index (χ3v) is 11.7. The van der Waals surface area contributed by atoms with Crippen LogP contribution in [0.15, 0.2) is 42.5 Å². The Morgan fingerprint density at radius 2 is 1.54 bits per heavy atom. The average Bonchev–Trinajstić information content (AvgIpc) is 2.64. The Morgan fingerprint density at radius 3 is 2.04 bits per heavy atom. The zero-order valence-corrected chi connectivity index (χ0v) is 19.4. The van der Waals surface area contributed by atoms with Crippen molar-refractivity contribution in [2.45, 2.75) is 64.8 Å². The van der Waals surface area contributed by atoms with Crippen LogP contribution in [0.4, 0.5) is 0 Å². The smallest absolute Gasteiger partial charge is 0.258 e. The Labute approximate surface area is 175 Å². The van der Waals surface area contributed by atoms with Gasteiger partial charge in [-0.25, -0.2) is 0 Å². The Balaban J connectivity index is 2.35. The minimum Gasteiger partial charge on any atom is -0.543 e. The van der Waals surface area contributed by atoms with Crippen LogP contribution in [0, 0.1) is 0 Å². The second-order valence-electron chi connectivity index (χ2n) is 8.14. The lowest BCUT2D eigenvalue weighted by Crippen LogP contribution is -2.50. The number of rotatable bonds is 9. The van der Waals surface area contributed by atoms with E-state index in [-0.39, 0.29) is 0 Å². The van der Waals surface area contributed by atoms with E-state index in [1.165, 1.54) is 0 Å². The number of hydrogen-bond acceptors (Lipinski definition) is 3. The van der Waals surface area contributed by atoms with Gasteiger partial charge in [-0.3, -0.25) is 4.79 Å². The molecule has 0 aliphatic rings. The van der Waals surface area contributed by atoms with Crippen LogP contribution < -0.4 is 9.16 Å². The van der Waals surface area contributed by atoms with Crippen LogP contribution in [-0.4, -0.2) is 14.6 Å². The minimum atomic E-state index is -2.13. The number of carbonyl (C=O) groups excluding carboxylic acids is 1. The van der Waals surface area contributed by atoms with Crippen LogP contribution in [0.3, 0.4) is 0 Å². The molecule has 2 aromatic rings. The van der Waals surface area contributed by atoms with Gasteiger partial charge in [-0.05, 0) is 28.3 Å². The molecule has 0 fully saturated rings. The zero-order valence-electron chi connectivity index (χ0n) is 17.7. The van der Waals surface area contributed by atoms with Gasteiger partial charge in [-0.15, -0.1) is 0 Å². The third-order valence-electron chi connectivity index (χ3n) is 5.40. The van der Waals surface area contributed by atoms with Crippen molar-refractivity contribution in [3.05, 3.63) is 58.6 Å². The summed E-state index contributed by atoms with van der Waals surface area (Å²) in [5.74, 6) is 1.06. The quantitative estimate of drug-likeness (QED) is 0.317. The summed E-state index contributed by atoms with van der Waals surface area (Å²) in [4.78, 5) is 11.7. The monoisotopic (exact) mass is 418 g/mol. The lowest BCUT2D eigenvalue weighted by atomic mass is 10.2. The van der Waals surface area contributed by atoms with Crippen molar-refractivity contribution >= 4 is 26.2 Å². The molecule has 0 bridgehead atoms. The molecule has 0 amide bonds. The topological polar surface area (TPSA) is 35.5 Å². The van der Waals surface area contributed by atoms with Crippen molar-refractivity contribution in [2.24, 2.45) is 0 Å². The van der Waals surface area contributed by atoms with E-state index < -0.39 is 8.32 Å². The molecule has 2 rings (SSSR count). The molecule has 0 N–H and O–H groups in total. The van der Waals surface area contributed by atoms with Gasteiger partial charge in [0.05, 0.1) is 10.6 Å². The summed E-state index contributed by atoms with van der Waals surface area (Å²) < 4.78 is 12.5. The molecule has 28 heavy (non-hydrogen) atoms. The molecule has 0 spiro atoms. The second-order valence-corrected chi connectivity index (χ2v) is 13.9. The zero-order chi connectivity index (χ0) is 20.9. The van der Waals surface area contributed by atoms with E-state index in [0.717, 1.165) is 11.8 Å². The molecular formula is C23H31ClO3Si. The summed E-state index contributed by atoms with van der Waals surface area (Å²) in [7, 11) is -2.13. The molecule has 152 valence electrons. The molecule has 5 heteroatoms. The fourth-order valence-electron chi connectivity index (χ4n) is 4.17. The first-order valence-corrected chi connectivity index (χ1v) is 12.4. The van der Waals surface area contributed by atoms with Gasteiger partial charge in [0.25, 0.3) is 8.32 Å². The highest BCUT2D eigenvalue weighted by Crippen LogP contribution is 2.44. The second kappa shape index (κ2) is 9.62. The fourth-order valence-corrected chi connectivity index (χ4v) is 9.68. The summed E-state index contributed by atoms with van der Waals surface area (Å²) in [5, 5.41) is 0.398. The van der Waals surface area contributed by atoms with Gasteiger partial charge >= 0.3 is 0 Å². The van der Waals surface area contributed by atoms with E-state index >= 15 is 0 Å². The molecule has 0 unspecified atom stereocenters. The average molecular weight is 419 g/mol. The Kier molecular flexibility index (Phi) is 7.73. The number of hydrogen-bond donors (Lipinski definition) is 0. The van der Waals surface area contributed by atoms with E-state index in [2.05, 4.69) is 41.5 Å². The van der Waals surface area contributed by atoms with Crippen LogP contribution in [0.1, 0.15) is 57.5 Å². The molecule has 0 atom stereocenters. The molecule has 0 aromatic heterocycles. The Bertz CT molecular complexity index is 766. The van der Waals surface area contributed by atoms with Crippen LogP contribution >= 0.6 is 11.6 Å². The molecule has 0 aliphatic carbocycles. The number of aldehydes is 1. The minimum absolute atomic E-state index is 0.351.